The number of nitrogens with zero attached hydrogens (tertiary/aromatic N) is 1. The Balaban J connectivity index is 1.88. The van der Waals surface area contributed by atoms with Gasteiger partial charge in [-0.25, -0.2) is 0 Å². The number of furan rings is 1. The fraction of sp³-hybridized carbons (Fsp3) is 0.467. The topological polar surface area (TPSA) is 28.4 Å². The summed E-state index contributed by atoms with van der Waals surface area (Å²) in [5.41, 5.74) is 2.24. The number of benzene rings is 1. The maximum absolute atomic E-state index is 5.55. The molecule has 3 heteroatoms. The largest absolute Gasteiger partial charge is 0.464 e. The first-order valence-electron chi connectivity index (χ1n) is 6.65. The fourth-order valence-corrected chi connectivity index (χ4v) is 2.10. The van der Waals surface area contributed by atoms with Gasteiger partial charge in [-0.3, -0.25) is 0 Å². The first-order chi connectivity index (χ1) is 8.81. The standard InChI is InChI=1S/C15H22N2O/c1-3-8-16-9-10-17(2)11-13-12-18-15-7-5-4-6-14(13)15/h4-7,12,16H,3,8-11H2,1-2H3. The Morgan fingerprint density at radius 2 is 2.06 bits per heavy atom. The molecule has 0 bridgehead atoms. The van der Waals surface area contributed by atoms with Crippen LogP contribution in [0.15, 0.2) is 34.9 Å². The van der Waals surface area contributed by atoms with Crippen molar-refractivity contribution < 1.29 is 4.42 Å². The summed E-state index contributed by atoms with van der Waals surface area (Å²) in [6.45, 7) is 6.32. The van der Waals surface area contributed by atoms with Gasteiger partial charge in [0.1, 0.15) is 5.58 Å². The smallest absolute Gasteiger partial charge is 0.134 e. The third kappa shape index (κ3) is 3.34. The highest BCUT2D eigenvalue weighted by Gasteiger charge is 2.07. The molecule has 0 unspecified atom stereocenters. The van der Waals surface area contributed by atoms with Gasteiger partial charge in [-0.15, -0.1) is 0 Å². The van der Waals surface area contributed by atoms with E-state index in [2.05, 4.69) is 36.3 Å². The molecule has 0 saturated carbocycles. The molecule has 1 aromatic carbocycles. The average Bonchev–Trinajstić information content (AvgIpc) is 2.78. The normalized spacial score (nSPS) is 11.5. The number of hydrogen-bond donors (Lipinski definition) is 1. The van der Waals surface area contributed by atoms with Gasteiger partial charge in [-0.05, 0) is 26.1 Å². The van der Waals surface area contributed by atoms with Crippen LogP contribution >= 0.6 is 0 Å². The molecule has 2 rings (SSSR count). The van der Waals surface area contributed by atoms with Crippen LogP contribution in [0.2, 0.25) is 0 Å². The van der Waals surface area contributed by atoms with Crippen LogP contribution in [0.25, 0.3) is 11.0 Å². The lowest BCUT2D eigenvalue weighted by Crippen LogP contribution is -2.29. The van der Waals surface area contributed by atoms with E-state index in [4.69, 9.17) is 4.42 Å². The molecule has 1 N–H and O–H groups in total. The van der Waals surface area contributed by atoms with Crippen molar-refractivity contribution in [3.05, 3.63) is 36.1 Å². The van der Waals surface area contributed by atoms with E-state index < -0.39 is 0 Å². The molecule has 1 heterocycles. The summed E-state index contributed by atoms with van der Waals surface area (Å²) in [6, 6.07) is 8.21. The molecule has 0 aliphatic rings. The van der Waals surface area contributed by atoms with Crippen molar-refractivity contribution in [2.24, 2.45) is 0 Å². The first-order valence-corrected chi connectivity index (χ1v) is 6.65. The van der Waals surface area contributed by atoms with Gasteiger partial charge in [0, 0.05) is 30.6 Å². The number of rotatable bonds is 7. The van der Waals surface area contributed by atoms with Crippen LogP contribution in [0.1, 0.15) is 18.9 Å². The van der Waals surface area contributed by atoms with Crippen molar-refractivity contribution in [3.63, 3.8) is 0 Å². The minimum atomic E-state index is 0.935. The summed E-state index contributed by atoms with van der Waals surface area (Å²) in [5.74, 6) is 0. The number of hydrogen-bond acceptors (Lipinski definition) is 3. The highest BCUT2D eigenvalue weighted by atomic mass is 16.3. The van der Waals surface area contributed by atoms with Crippen LogP contribution in [0.3, 0.4) is 0 Å². The Morgan fingerprint density at radius 3 is 2.89 bits per heavy atom. The van der Waals surface area contributed by atoms with Crippen LogP contribution in [-0.2, 0) is 6.54 Å². The van der Waals surface area contributed by atoms with E-state index >= 15 is 0 Å². The summed E-state index contributed by atoms with van der Waals surface area (Å²) in [4.78, 5) is 2.32. The summed E-state index contributed by atoms with van der Waals surface area (Å²) < 4.78 is 5.55. The number of fused-ring (bicyclic) bond motifs is 1. The first kappa shape index (κ1) is 13.1. The summed E-state index contributed by atoms with van der Waals surface area (Å²) in [6.07, 6.45) is 3.07. The lowest BCUT2D eigenvalue weighted by atomic mass is 10.2. The maximum atomic E-state index is 5.55. The molecule has 0 fully saturated rings. The van der Waals surface area contributed by atoms with Gasteiger partial charge in [0.15, 0.2) is 0 Å². The summed E-state index contributed by atoms with van der Waals surface area (Å²) >= 11 is 0. The number of para-hydroxylation sites is 1. The molecule has 98 valence electrons. The maximum Gasteiger partial charge on any atom is 0.134 e. The molecule has 3 nitrogen and oxygen atoms in total. The van der Waals surface area contributed by atoms with E-state index in [1.165, 1.54) is 17.4 Å². The van der Waals surface area contributed by atoms with Crippen molar-refractivity contribution in [2.45, 2.75) is 19.9 Å². The lowest BCUT2D eigenvalue weighted by Gasteiger charge is -2.16. The van der Waals surface area contributed by atoms with Gasteiger partial charge in [-0.2, -0.15) is 0 Å². The van der Waals surface area contributed by atoms with Gasteiger partial charge in [0.05, 0.1) is 6.26 Å². The minimum absolute atomic E-state index is 0.935. The predicted octanol–water partition coefficient (Wildman–Crippen LogP) is 2.86. The highest BCUT2D eigenvalue weighted by molar-refractivity contribution is 5.80. The summed E-state index contributed by atoms with van der Waals surface area (Å²) in [7, 11) is 2.15. The van der Waals surface area contributed by atoms with E-state index in [1.54, 1.807) is 0 Å². The van der Waals surface area contributed by atoms with E-state index in [-0.39, 0.29) is 0 Å². The molecule has 18 heavy (non-hydrogen) atoms. The van der Waals surface area contributed by atoms with Crippen molar-refractivity contribution in [1.29, 1.82) is 0 Å². The van der Waals surface area contributed by atoms with E-state index in [1.807, 2.05) is 18.4 Å². The van der Waals surface area contributed by atoms with Gasteiger partial charge in [0.2, 0.25) is 0 Å². The highest BCUT2D eigenvalue weighted by Crippen LogP contribution is 2.21. The van der Waals surface area contributed by atoms with Gasteiger partial charge in [0.25, 0.3) is 0 Å². The van der Waals surface area contributed by atoms with Crippen molar-refractivity contribution in [2.75, 3.05) is 26.7 Å². The Bertz CT molecular complexity index is 478. The Hall–Kier alpha value is -1.32. The quantitative estimate of drug-likeness (QED) is 0.761. The van der Waals surface area contributed by atoms with Gasteiger partial charge >= 0.3 is 0 Å². The van der Waals surface area contributed by atoms with Crippen LogP contribution in [0.4, 0.5) is 0 Å². The van der Waals surface area contributed by atoms with Crippen LogP contribution in [0, 0.1) is 0 Å². The molecule has 1 aromatic heterocycles. The van der Waals surface area contributed by atoms with E-state index in [9.17, 15) is 0 Å². The third-order valence-electron chi connectivity index (χ3n) is 3.10. The molecule has 0 amide bonds. The molecule has 0 aliphatic carbocycles. The molecule has 0 aliphatic heterocycles. The average molecular weight is 246 g/mol. The van der Waals surface area contributed by atoms with E-state index in [0.717, 1.165) is 31.8 Å². The van der Waals surface area contributed by atoms with Crippen LogP contribution < -0.4 is 5.32 Å². The molecule has 0 atom stereocenters. The zero-order chi connectivity index (χ0) is 12.8. The van der Waals surface area contributed by atoms with Gasteiger partial charge < -0.3 is 14.6 Å². The van der Waals surface area contributed by atoms with Crippen LogP contribution in [-0.4, -0.2) is 31.6 Å². The Kier molecular flexibility index (Phi) is 4.79. The molecular formula is C15H22N2O. The van der Waals surface area contributed by atoms with E-state index in [0.29, 0.717) is 0 Å². The second-order valence-corrected chi connectivity index (χ2v) is 4.74. The van der Waals surface area contributed by atoms with Crippen LogP contribution in [0.5, 0.6) is 0 Å². The summed E-state index contributed by atoms with van der Waals surface area (Å²) in [5, 5.41) is 4.65. The minimum Gasteiger partial charge on any atom is -0.464 e. The second-order valence-electron chi connectivity index (χ2n) is 4.74. The molecule has 2 aromatic rings. The zero-order valence-electron chi connectivity index (χ0n) is 11.3. The molecular weight excluding hydrogens is 224 g/mol. The second kappa shape index (κ2) is 6.57. The Labute approximate surface area is 109 Å². The SMILES string of the molecule is CCCNCCN(C)Cc1coc2ccccc12. The Morgan fingerprint density at radius 1 is 1.22 bits per heavy atom. The predicted molar refractivity (Wildman–Crippen MR) is 75.7 cm³/mol. The lowest BCUT2D eigenvalue weighted by molar-refractivity contribution is 0.324. The van der Waals surface area contributed by atoms with Gasteiger partial charge in [-0.1, -0.05) is 25.1 Å². The third-order valence-corrected chi connectivity index (χ3v) is 3.10. The van der Waals surface area contributed by atoms with Crippen molar-refractivity contribution in [1.82, 2.24) is 10.2 Å². The zero-order valence-corrected chi connectivity index (χ0v) is 11.3. The van der Waals surface area contributed by atoms with Crippen molar-refractivity contribution >= 4 is 11.0 Å². The van der Waals surface area contributed by atoms with Crippen molar-refractivity contribution in [3.8, 4) is 0 Å². The molecule has 0 spiro atoms. The monoisotopic (exact) mass is 246 g/mol. The number of nitrogens with one attached hydrogen (secondary N) is 1. The fourth-order valence-electron chi connectivity index (χ4n) is 2.10. The molecule has 0 saturated heterocycles. The number of likely N-dealkylation sites (N-methyl/N-ethyl adjacent to an activating group) is 1. The molecule has 0 radical (unpaired) electrons.